The number of carbonyl (C=O) groups excluding carboxylic acids is 5. The number of ketones is 2. The number of rotatable bonds is 5. The molecule has 0 aromatic heterocycles. The zero-order valence-corrected chi connectivity index (χ0v) is 24.2. The van der Waals surface area contributed by atoms with Crippen molar-refractivity contribution >= 4 is 29.5 Å². The van der Waals surface area contributed by atoms with Crippen molar-refractivity contribution in [1.82, 2.24) is 0 Å². The fraction of sp³-hybridized carbons (Fsp3) is 0.581. The lowest BCUT2D eigenvalue weighted by molar-refractivity contribution is -0.293. The number of aliphatic hydroxyl groups is 2. The van der Waals surface area contributed by atoms with Crippen molar-refractivity contribution in [3.8, 4) is 0 Å². The highest BCUT2D eigenvalue weighted by Gasteiger charge is 2.78. The maximum atomic E-state index is 14.2. The number of aliphatic hydroxyl groups excluding tert-OH is 1. The molecule has 41 heavy (non-hydrogen) atoms. The number of benzene rings is 1. The van der Waals surface area contributed by atoms with E-state index in [9.17, 15) is 34.2 Å². The Labute approximate surface area is 239 Å². The first-order valence-corrected chi connectivity index (χ1v) is 13.7. The van der Waals surface area contributed by atoms with Crippen LogP contribution in [0.25, 0.3) is 0 Å². The molecule has 3 aliphatic carbocycles. The minimum absolute atomic E-state index is 0.147. The molecule has 0 amide bonds. The van der Waals surface area contributed by atoms with E-state index in [0.29, 0.717) is 0 Å². The second kappa shape index (κ2) is 10.2. The van der Waals surface area contributed by atoms with E-state index < -0.39 is 87.6 Å². The first kappa shape index (κ1) is 30.6. The first-order chi connectivity index (χ1) is 19.0. The Morgan fingerprint density at radius 2 is 1.56 bits per heavy atom. The number of carbonyl (C=O) groups is 5. The van der Waals surface area contributed by atoms with Crippen LogP contribution >= 0.6 is 0 Å². The first-order valence-electron chi connectivity index (χ1n) is 13.7. The molecule has 9 atom stereocenters. The molecule has 3 saturated carbocycles. The Balaban J connectivity index is 1.99. The summed E-state index contributed by atoms with van der Waals surface area (Å²) in [5, 5.41) is 24.0. The quantitative estimate of drug-likeness (QED) is 0.307. The summed E-state index contributed by atoms with van der Waals surface area (Å²) < 4.78 is 17.2. The molecular weight excluding hydrogens is 532 g/mol. The largest absolute Gasteiger partial charge is 0.459 e. The monoisotopic (exact) mass is 570 g/mol. The van der Waals surface area contributed by atoms with Crippen LogP contribution in [-0.2, 0) is 33.4 Å². The Morgan fingerprint density at radius 1 is 0.976 bits per heavy atom. The van der Waals surface area contributed by atoms with Gasteiger partial charge in [0.05, 0.1) is 16.9 Å². The summed E-state index contributed by atoms with van der Waals surface area (Å²) in [6, 6.07) is 8.01. The van der Waals surface area contributed by atoms with Gasteiger partial charge in [0.15, 0.2) is 17.5 Å². The summed E-state index contributed by atoms with van der Waals surface area (Å²) in [5.74, 6) is -5.93. The summed E-state index contributed by atoms with van der Waals surface area (Å²) in [4.78, 5) is 66.2. The second-order valence-corrected chi connectivity index (χ2v) is 12.6. The van der Waals surface area contributed by atoms with E-state index in [4.69, 9.17) is 14.2 Å². The molecule has 3 fully saturated rings. The summed E-state index contributed by atoms with van der Waals surface area (Å²) >= 11 is 0. The molecule has 10 nitrogen and oxygen atoms in total. The predicted octanol–water partition coefficient (Wildman–Crippen LogP) is 2.58. The van der Waals surface area contributed by atoms with Gasteiger partial charge in [-0.15, -0.1) is 6.58 Å². The maximum absolute atomic E-state index is 14.2. The van der Waals surface area contributed by atoms with E-state index in [1.807, 2.05) is 0 Å². The van der Waals surface area contributed by atoms with Gasteiger partial charge in [0.1, 0.15) is 24.1 Å². The van der Waals surface area contributed by atoms with Crippen LogP contribution in [0.15, 0.2) is 43.0 Å². The van der Waals surface area contributed by atoms with Gasteiger partial charge in [-0.25, -0.2) is 4.79 Å². The molecule has 0 unspecified atom stereocenters. The number of fused-ring (bicyclic) bond motifs is 3. The highest BCUT2D eigenvalue weighted by molar-refractivity contribution is 6.06. The highest BCUT2D eigenvalue weighted by atomic mass is 16.6. The Hall–Kier alpha value is -3.37. The van der Waals surface area contributed by atoms with Crippen molar-refractivity contribution in [3.05, 3.63) is 48.6 Å². The maximum Gasteiger partial charge on any atom is 0.338 e. The third kappa shape index (κ3) is 4.52. The molecule has 0 radical (unpaired) electrons. The van der Waals surface area contributed by atoms with Crippen molar-refractivity contribution in [2.75, 3.05) is 0 Å². The van der Waals surface area contributed by atoms with E-state index in [1.54, 1.807) is 39.0 Å². The summed E-state index contributed by atoms with van der Waals surface area (Å²) in [7, 11) is 0. The molecule has 2 N–H and O–H groups in total. The average Bonchev–Trinajstić information content (AvgIpc) is 2.89. The van der Waals surface area contributed by atoms with Gasteiger partial charge in [-0.05, 0) is 36.8 Å². The van der Waals surface area contributed by atoms with Gasteiger partial charge in [-0.3, -0.25) is 19.2 Å². The van der Waals surface area contributed by atoms with Crippen LogP contribution in [0, 0.1) is 28.1 Å². The minimum atomic E-state index is -2.52. The molecule has 0 bridgehead atoms. The second-order valence-electron chi connectivity index (χ2n) is 12.6. The molecule has 3 aliphatic rings. The van der Waals surface area contributed by atoms with Gasteiger partial charge >= 0.3 is 17.9 Å². The molecule has 10 heteroatoms. The normalized spacial score (nSPS) is 39.5. The van der Waals surface area contributed by atoms with Crippen LogP contribution in [0.3, 0.4) is 0 Å². The standard InChI is InChI=1S/C31H38O10/c1-8-29(6)15-19(34)23-30(7)20(14-21(39-16(2)32)31(23,38)27(29)37)28(4,5)24(35)22(40-17(3)33)25(30)41-26(36)18-12-10-9-11-13-18/h8-13,20-25,35,38H,1,14-15H2,2-7H3/t20-,21+,22-,23+,24+,25-,29-,30-,31-/m0/s1. The van der Waals surface area contributed by atoms with Crippen molar-refractivity contribution in [2.45, 2.75) is 84.4 Å². The van der Waals surface area contributed by atoms with Crippen molar-refractivity contribution in [3.63, 3.8) is 0 Å². The van der Waals surface area contributed by atoms with E-state index in [-0.39, 0.29) is 18.4 Å². The number of Topliss-reactive ketones (excluding diaryl/α,β-unsaturated/α-hetero) is 2. The fourth-order valence-electron chi connectivity index (χ4n) is 7.77. The third-order valence-electron chi connectivity index (χ3n) is 9.69. The predicted molar refractivity (Wildman–Crippen MR) is 144 cm³/mol. The van der Waals surface area contributed by atoms with Crippen LogP contribution in [0.2, 0.25) is 0 Å². The zero-order chi connectivity index (χ0) is 30.7. The van der Waals surface area contributed by atoms with Crippen molar-refractivity contribution in [2.24, 2.45) is 28.1 Å². The lowest BCUT2D eigenvalue weighted by atomic mass is 9.39. The fourth-order valence-corrected chi connectivity index (χ4v) is 7.77. The Bertz CT molecular complexity index is 1290. The Kier molecular flexibility index (Phi) is 7.58. The number of ether oxygens (including phenoxy) is 3. The van der Waals surface area contributed by atoms with E-state index in [1.165, 1.54) is 25.1 Å². The topological polar surface area (TPSA) is 153 Å². The molecule has 1 aromatic rings. The lowest BCUT2D eigenvalue weighted by Crippen LogP contribution is -2.80. The van der Waals surface area contributed by atoms with Gasteiger partial charge in [-0.1, -0.05) is 45.0 Å². The average molecular weight is 571 g/mol. The summed E-state index contributed by atoms with van der Waals surface area (Å²) in [6.07, 6.45) is -4.91. The van der Waals surface area contributed by atoms with Gasteiger partial charge in [0.2, 0.25) is 0 Å². The van der Waals surface area contributed by atoms with Gasteiger partial charge in [-0.2, -0.15) is 0 Å². The van der Waals surface area contributed by atoms with Gasteiger partial charge in [0, 0.05) is 25.7 Å². The molecule has 0 saturated heterocycles. The van der Waals surface area contributed by atoms with E-state index in [2.05, 4.69) is 6.58 Å². The molecule has 0 aliphatic heterocycles. The molecule has 0 heterocycles. The van der Waals surface area contributed by atoms with Gasteiger partial charge in [0.25, 0.3) is 0 Å². The van der Waals surface area contributed by atoms with Crippen LogP contribution in [0.1, 0.15) is 64.7 Å². The molecule has 0 spiro atoms. The molecule has 1 aromatic carbocycles. The smallest absolute Gasteiger partial charge is 0.338 e. The number of allylic oxidation sites excluding steroid dienone is 1. The van der Waals surface area contributed by atoms with Crippen molar-refractivity contribution in [1.29, 1.82) is 0 Å². The van der Waals surface area contributed by atoms with Crippen LogP contribution in [-0.4, -0.2) is 69.7 Å². The number of hydrogen-bond acceptors (Lipinski definition) is 10. The highest BCUT2D eigenvalue weighted by Crippen LogP contribution is 2.66. The van der Waals surface area contributed by atoms with E-state index >= 15 is 0 Å². The summed E-state index contributed by atoms with van der Waals surface area (Å²) in [6.45, 7) is 12.5. The van der Waals surface area contributed by atoms with Crippen LogP contribution < -0.4 is 0 Å². The lowest BCUT2D eigenvalue weighted by Gasteiger charge is -2.67. The SMILES string of the molecule is C=C[C@@]1(C)CC(=O)[C@H]2[C@](O)(C1=O)[C@H](OC(C)=O)C[C@H]1C(C)(C)[C@H](O)[C@H](OC(C)=O)[C@H](OC(=O)c3ccccc3)[C@@]12C. The molecule has 222 valence electrons. The van der Waals surface area contributed by atoms with Crippen LogP contribution in [0.5, 0.6) is 0 Å². The van der Waals surface area contributed by atoms with Crippen LogP contribution in [0.4, 0.5) is 0 Å². The third-order valence-corrected chi connectivity index (χ3v) is 9.69. The minimum Gasteiger partial charge on any atom is -0.459 e. The number of hydrogen-bond donors (Lipinski definition) is 2. The van der Waals surface area contributed by atoms with E-state index in [0.717, 1.165) is 13.8 Å². The molecular formula is C31H38O10. The molecule has 4 rings (SSSR count). The van der Waals surface area contributed by atoms with Crippen molar-refractivity contribution < 1.29 is 48.4 Å². The summed E-state index contributed by atoms with van der Waals surface area (Å²) in [5.41, 5.74) is -6.51. The Morgan fingerprint density at radius 3 is 2.10 bits per heavy atom. The number of esters is 3. The van der Waals surface area contributed by atoms with Gasteiger partial charge < -0.3 is 24.4 Å². The zero-order valence-electron chi connectivity index (χ0n) is 24.2.